The zero-order valence-electron chi connectivity index (χ0n) is 12.2. The van der Waals surface area contributed by atoms with Crippen LogP contribution in [0.3, 0.4) is 0 Å². The molecule has 2 nitrogen and oxygen atoms in total. The molecule has 0 amide bonds. The Labute approximate surface area is 119 Å². The van der Waals surface area contributed by atoms with Crippen molar-refractivity contribution in [2.24, 2.45) is 5.41 Å². The van der Waals surface area contributed by atoms with Gasteiger partial charge in [0.25, 0.3) is 0 Å². The summed E-state index contributed by atoms with van der Waals surface area (Å²) in [6.07, 6.45) is 2.66. The Hall–Kier alpha value is -1.00. The first-order chi connectivity index (χ1) is 9.49. The number of hydrogen-bond acceptors (Lipinski definition) is 2. The minimum atomic E-state index is -0.510. The van der Waals surface area contributed by atoms with Crippen molar-refractivity contribution in [3.63, 3.8) is 0 Å². The van der Waals surface area contributed by atoms with Crippen LogP contribution in [-0.2, 0) is 11.2 Å². The zero-order chi connectivity index (χ0) is 14.6. The van der Waals surface area contributed by atoms with Gasteiger partial charge in [-0.3, -0.25) is 0 Å². The SMILES string of the molecule is CC(C)NCC1(Cc2cc(F)cc(F)c2)CCCOC1. The molecule has 1 aromatic rings. The van der Waals surface area contributed by atoms with Gasteiger partial charge in [0.15, 0.2) is 0 Å². The Morgan fingerprint density at radius 1 is 1.25 bits per heavy atom. The normalized spacial score (nSPS) is 23.2. The molecule has 4 heteroatoms. The van der Waals surface area contributed by atoms with Crippen LogP contribution >= 0.6 is 0 Å². The molecule has 1 atom stereocenters. The van der Waals surface area contributed by atoms with E-state index in [1.165, 1.54) is 12.1 Å². The smallest absolute Gasteiger partial charge is 0.126 e. The van der Waals surface area contributed by atoms with Gasteiger partial charge in [0.05, 0.1) is 6.61 Å². The van der Waals surface area contributed by atoms with Crippen molar-refractivity contribution < 1.29 is 13.5 Å². The van der Waals surface area contributed by atoms with E-state index in [1.54, 1.807) is 0 Å². The van der Waals surface area contributed by atoms with Gasteiger partial charge in [0.1, 0.15) is 11.6 Å². The monoisotopic (exact) mass is 283 g/mol. The van der Waals surface area contributed by atoms with Crippen molar-refractivity contribution in [1.29, 1.82) is 0 Å². The third kappa shape index (κ3) is 4.25. The molecule has 1 aromatic carbocycles. The summed E-state index contributed by atoms with van der Waals surface area (Å²) in [7, 11) is 0. The lowest BCUT2D eigenvalue weighted by Gasteiger charge is -2.38. The Balaban J connectivity index is 2.13. The molecule has 1 saturated heterocycles. The van der Waals surface area contributed by atoms with Crippen molar-refractivity contribution in [3.05, 3.63) is 35.4 Å². The van der Waals surface area contributed by atoms with Crippen molar-refractivity contribution in [2.75, 3.05) is 19.8 Å². The van der Waals surface area contributed by atoms with Gasteiger partial charge < -0.3 is 10.1 Å². The lowest BCUT2D eigenvalue weighted by atomic mass is 9.77. The largest absolute Gasteiger partial charge is 0.381 e. The first-order valence-electron chi connectivity index (χ1n) is 7.25. The third-order valence-corrected chi connectivity index (χ3v) is 3.79. The summed E-state index contributed by atoms with van der Waals surface area (Å²) >= 11 is 0. The predicted octanol–water partition coefficient (Wildman–Crippen LogP) is 3.30. The fourth-order valence-corrected chi connectivity index (χ4v) is 2.82. The Morgan fingerprint density at radius 3 is 2.50 bits per heavy atom. The second-order valence-corrected chi connectivity index (χ2v) is 6.15. The van der Waals surface area contributed by atoms with E-state index in [4.69, 9.17) is 4.74 Å². The van der Waals surface area contributed by atoms with Crippen LogP contribution in [0.5, 0.6) is 0 Å². The lowest BCUT2D eigenvalue weighted by Crippen LogP contribution is -2.44. The molecule has 0 bridgehead atoms. The number of nitrogens with one attached hydrogen (secondary N) is 1. The average molecular weight is 283 g/mol. The molecule has 0 aliphatic carbocycles. The maximum absolute atomic E-state index is 13.3. The molecular formula is C16H23F2NO. The molecule has 2 rings (SSSR count). The van der Waals surface area contributed by atoms with Crippen molar-refractivity contribution in [1.82, 2.24) is 5.32 Å². The van der Waals surface area contributed by atoms with E-state index in [2.05, 4.69) is 19.2 Å². The molecule has 0 saturated carbocycles. The summed E-state index contributed by atoms with van der Waals surface area (Å²) < 4.78 is 32.3. The molecule has 1 fully saturated rings. The van der Waals surface area contributed by atoms with Gasteiger partial charge in [-0.2, -0.15) is 0 Å². The molecule has 0 spiro atoms. The maximum Gasteiger partial charge on any atom is 0.126 e. The fraction of sp³-hybridized carbons (Fsp3) is 0.625. The highest BCUT2D eigenvalue weighted by Crippen LogP contribution is 2.32. The van der Waals surface area contributed by atoms with E-state index in [-0.39, 0.29) is 5.41 Å². The molecule has 1 heterocycles. The maximum atomic E-state index is 13.3. The Bertz CT molecular complexity index is 422. The second-order valence-electron chi connectivity index (χ2n) is 6.15. The lowest BCUT2D eigenvalue weighted by molar-refractivity contribution is -0.00808. The van der Waals surface area contributed by atoms with Crippen molar-refractivity contribution in [3.8, 4) is 0 Å². The topological polar surface area (TPSA) is 21.3 Å². The van der Waals surface area contributed by atoms with Crippen LogP contribution in [-0.4, -0.2) is 25.8 Å². The van der Waals surface area contributed by atoms with Crippen molar-refractivity contribution >= 4 is 0 Å². The van der Waals surface area contributed by atoms with Gasteiger partial charge in [0, 0.05) is 30.7 Å². The predicted molar refractivity (Wildman–Crippen MR) is 75.7 cm³/mol. The van der Waals surface area contributed by atoms with E-state index in [0.29, 0.717) is 24.6 Å². The van der Waals surface area contributed by atoms with Crippen LogP contribution < -0.4 is 5.32 Å². The number of hydrogen-bond donors (Lipinski definition) is 1. The van der Waals surface area contributed by atoms with E-state index >= 15 is 0 Å². The summed E-state index contributed by atoms with van der Waals surface area (Å²) in [5.74, 6) is -1.02. The average Bonchev–Trinajstić information content (AvgIpc) is 2.36. The van der Waals surface area contributed by atoms with Crippen LogP contribution in [0.1, 0.15) is 32.3 Å². The van der Waals surface area contributed by atoms with Gasteiger partial charge in [-0.25, -0.2) is 8.78 Å². The second kappa shape index (κ2) is 6.64. The first-order valence-corrected chi connectivity index (χ1v) is 7.25. The molecule has 20 heavy (non-hydrogen) atoms. The summed E-state index contributed by atoms with van der Waals surface area (Å²) in [6, 6.07) is 4.15. The van der Waals surface area contributed by atoms with Crippen molar-refractivity contribution in [2.45, 2.75) is 39.2 Å². The zero-order valence-corrected chi connectivity index (χ0v) is 12.2. The van der Waals surface area contributed by atoms with Gasteiger partial charge in [-0.15, -0.1) is 0 Å². The fourth-order valence-electron chi connectivity index (χ4n) is 2.82. The van der Waals surface area contributed by atoms with E-state index in [9.17, 15) is 8.78 Å². The van der Waals surface area contributed by atoms with Gasteiger partial charge in [-0.05, 0) is 37.0 Å². The van der Waals surface area contributed by atoms with E-state index in [1.807, 2.05) is 0 Å². The Morgan fingerprint density at radius 2 is 1.95 bits per heavy atom. The van der Waals surface area contributed by atoms with E-state index < -0.39 is 11.6 Å². The standard InChI is InChI=1S/C16H23F2NO/c1-12(2)19-10-16(4-3-5-20-11-16)9-13-6-14(17)8-15(18)7-13/h6-8,12,19H,3-5,9-11H2,1-2H3. The first kappa shape index (κ1) is 15.4. The van der Waals surface area contributed by atoms with E-state index in [0.717, 1.165) is 32.1 Å². The number of benzene rings is 1. The molecule has 1 aliphatic heterocycles. The van der Waals surface area contributed by atoms with Crippen LogP contribution in [0.2, 0.25) is 0 Å². The van der Waals surface area contributed by atoms with Crippen LogP contribution in [0.4, 0.5) is 8.78 Å². The van der Waals surface area contributed by atoms with Gasteiger partial charge in [-0.1, -0.05) is 13.8 Å². The summed E-state index contributed by atoms with van der Waals surface area (Å²) in [5.41, 5.74) is 0.640. The molecule has 112 valence electrons. The molecule has 1 unspecified atom stereocenters. The number of rotatable bonds is 5. The minimum absolute atomic E-state index is 0.0667. The Kier molecular flexibility index (Phi) is 5.11. The van der Waals surface area contributed by atoms with Gasteiger partial charge >= 0.3 is 0 Å². The molecular weight excluding hydrogens is 260 g/mol. The van der Waals surface area contributed by atoms with Gasteiger partial charge in [0.2, 0.25) is 0 Å². The molecule has 1 aliphatic rings. The minimum Gasteiger partial charge on any atom is -0.381 e. The third-order valence-electron chi connectivity index (χ3n) is 3.79. The number of halogens is 2. The molecule has 1 N–H and O–H groups in total. The quantitative estimate of drug-likeness (QED) is 0.895. The highest BCUT2D eigenvalue weighted by atomic mass is 19.1. The highest BCUT2D eigenvalue weighted by Gasteiger charge is 2.33. The van der Waals surface area contributed by atoms with Crippen LogP contribution in [0, 0.1) is 17.0 Å². The summed E-state index contributed by atoms with van der Waals surface area (Å²) in [6.45, 7) is 6.42. The van der Waals surface area contributed by atoms with Crippen LogP contribution in [0.15, 0.2) is 18.2 Å². The highest BCUT2D eigenvalue weighted by molar-refractivity contribution is 5.20. The summed E-state index contributed by atoms with van der Waals surface area (Å²) in [4.78, 5) is 0. The number of ether oxygens (including phenoxy) is 1. The molecule has 0 radical (unpaired) electrons. The summed E-state index contributed by atoms with van der Waals surface area (Å²) in [5, 5.41) is 3.44. The van der Waals surface area contributed by atoms with Crippen LogP contribution in [0.25, 0.3) is 0 Å². The molecule has 0 aromatic heterocycles.